The zero-order valence-electron chi connectivity index (χ0n) is 9.08. The highest BCUT2D eigenvalue weighted by Gasteiger charge is 2.11. The van der Waals surface area contributed by atoms with Crippen molar-refractivity contribution in [3.8, 4) is 17.2 Å². The molecule has 1 N–H and O–H groups in total. The Morgan fingerprint density at radius 3 is 2.83 bits per heavy atom. The molecule has 0 aromatic heterocycles. The van der Waals surface area contributed by atoms with Crippen molar-refractivity contribution in [3.05, 3.63) is 46.1 Å². The summed E-state index contributed by atoms with van der Waals surface area (Å²) in [5.74, 6) is 0.161. The van der Waals surface area contributed by atoms with E-state index in [1.165, 1.54) is 24.3 Å². The van der Waals surface area contributed by atoms with Gasteiger partial charge in [0.25, 0.3) is 0 Å². The average Bonchev–Trinajstić information content (AvgIpc) is 2.35. The molecule has 0 bridgehead atoms. The van der Waals surface area contributed by atoms with Gasteiger partial charge in [-0.05, 0) is 18.2 Å². The maximum Gasteiger partial charge on any atom is 0.182 e. The molecule has 0 fully saturated rings. The fourth-order valence-electron chi connectivity index (χ4n) is 1.75. The SMILES string of the molecule is O=Cc1cc2nc3ccc(=O)cc-3oc2cc1O. The number of aldehydes is 1. The number of aromatic hydroxyl groups is 1. The first-order valence-corrected chi connectivity index (χ1v) is 5.20. The first-order valence-electron chi connectivity index (χ1n) is 5.20. The lowest BCUT2D eigenvalue weighted by molar-refractivity contribution is 0.112. The summed E-state index contributed by atoms with van der Waals surface area (Å²) in [6.45, 7) is 0. The van der Waals surface area contributed by atoms with Gasteiger partial charge in [0.1, 0.15) is 17.0 Å². The van der Waals surface area contributed by atoms with Gasteiger partial charge in [0, 0.05) is 12.1 Å². The van der Waals surface area contributed by atoms with Gasteiger partial charge in [-0.3, -0.25) is 9.59 Å². The maximum atomic E-state index is 11.2. The summed E-state index contributed by atoms with van der Waals surface area (Å²) in [7, 11) is 0. The molecule has 3 rings (SSSR count). The summed E-state index contributed by atoms with van der Waals surface area (Å²) in [5, 5.41) is 9.55. The first-order chi connectivity index (χ1) is 8.67. The molecule has 0 atom stereocenters. The van der Waals surface area contributed by atoms with Crippen LogP contribution >= 0.6 is 0 Å². The summed E-state index contributed by atoms with van der Waals surface area (Å²) >= 11 is 0. The Morgan fingerprint density at radius 1 is 1.22 bits per heavy atom. The van der Waals surface area contributed by atoms with Gasteiger partial charge in [0.2, 0.25) is 0 Å². The molecule has 1 aromatic rings. The molecule has 1 aliphatic carbocycles. The normalized spacial score (nSPS) is 10.9. The zero-order valence-corrected chi connectivity index (χ0v) is 9.08. The molecular weight excluding hydrogens is 234 g/mol. The highest BCUT2D eigenvalue weighted by atomic mass is 16.3. The number of hydrogen-bond acceptors (Lipinski definition) is 5. The van der Waals surface area contributed by atoms with Gasteiger partial charge in [0.05, 0.1) is 5.56 Å². The van der Waals surface area contributed by atoms with E-state index in [0.717, 1.165) is 0 Å². The lowest BCUT2D eigenvalue weighted by atomic mass is 10.1. The van der Waals surface area contributed by atoms with E-state index in [-0.39, 0.29) is 16.7 Å². The minimum atomic E-state index is -0.180. The highest BCUT2D eigenvalue weighted by Crippen LogP contribution is 2.27. The van der Waals surface area contributed by atoms with Crippen LogP contribution in [0.15, 0.2) is 39.5 Å². The second-order valence-electron chi connectivity index (χ2n) is 3.84. The Bertz CT molecular complexity index is 791. The predicted molar refractivity (Wildman–Crippen MR) is 64.0 cm³/mol. The van der Waals surface area contributed by atoms with Crippen molar-refractivity contribution in [1.29, 1.82) is 0 Å². The van der Waals surface area contributed by atoms with Gasteiger partial charge in [-0.15, -0.1) is 0 Å². The lowest BCUT2D eigenvalue weighted by Gasteiger charge is -2.06. The lowest BCUT2D eigenvalue weighted by Crippen LogP contribution is -1.99. The van der Waals surface area contributed by atoms with Crippen molar-refractivity contribution in [1.82, 2.24) is 4.98 Å². The van der Waals surface area contributed by atoms with Gasteiger partial charge in [-0.1, -0.05) is 0 Å². The van der Waals surface area contributed by atoms with Crippen LogP contribution in [0.25, 0.3) is 22.6 Å². The van der Waals surface area contributed by atoms with E-state index in [1.54, 1.807) is 6.07 Å². The Labute approximate surface area is 101 Å². The monoisotopic (exact) mass is 241 g/mol. The van der Waals surface area contributed by atoms with Crippen LogP contribution in [-0.4, -0.2) is 16.4 Å². The van der Waals surface area contributed by atoms with E-state index in [2.05, 4.69) is 4.98 Å². The van der Waals surface area contributed by atoms with Crippen LogP contribution < -0.4 is 5.43 Å². The second-order valence-corrected chi connectivity index (χ2v) is 3.84. The number of benzene rings is 2. The summed E-state index contributed by atoms with van der Waals surface area (Å²) in [6, 6.07) is 7.01. The number of carbonyl (C=O) groups is 1. The number of hydrogen-bond donors (Lipinski definition) is 1. The summed E-state index contributed by atoms with van der Waals surface area (Å²) < 4.78 is 5.47. The molecule has 2 aliphatic rings. The van der Waals surface area contributed by atoms with Crippen molar-refractivity contribution in [2.24, 2.45) is 0 Å². The molecule has 5 nitrogen and oxygen atoms in total. The van der Waals surface area contributed by atoms with E-state index in [1.807, 2.05) is 0 Å². The quantitative estimate of drug-likeness (QED) is 0.519. The third-order valence-corrected chi connectivity index (χ3v) is 2.63. The maximum absolute atomic E-state index is 11.2. The molecule has 0 spiro atoms. The minimum absolute atomic E-state index is 0.144. The molecule has 0 amide bonds. The van der Waals surface area contributed by atoms with Crippen LogP contribution in [0, 0.1) is 0 Å². The largest absolute Gasteiger partial charge is 0.507 e. The third-order valence-electron chi connectivity index (χ3n) is 2.63. The van der Waals surface area contributed by atoms with Crippen molar-refractivity contribution in [2.75, 3.05) is 0 Å². The van der Waals surface area contributed by atoms with Crippen LogP contribution in [0.4, 0.5) is 0 Å². The van der Waals surface area contributed by atoms with E-state index < -0.39 is 0 Å². The van der Waals surface area contributed by atoms with Crippen molar-refractivity contribution in [2.45, 2.75) is 0 Å². The van der Waals surface area contributed by atoms with Gasteiger partial charge >= 0.3 is 0 Å². The summed E-state index contributed by atoms with van der Waals surface area (Å²) in [5.41, 5.74) is 1.24. The van der Waals surface area contributed by atoms with Gasteiger partial charge in [-0.2, -0.15) is 0 Å². The summed E-state index contributed by atoms with van der Waals surface area (Å²) in [4.78, 5) is 26.2. The van der Waals surface area contributed by atoms with Crippen molar-refractivity contribution in [3.63, 3.8) is 0 Å². The first kappa shape index (κ1) is 10.5. The molecule has 1 aliphatic heterocycles. The molecule has 0 unspecified atom stereocenters. The molecule has 1 heterocycles. The Hall–Kier alpha value is -2.69. The number of phenols is 1. The van der Waals surface area contributed by atoms with Crippen LogP contribution in [0.1, 0.15) is 10.4 Å². The fraction of sp³-hybridized carbons (Fsp3) is 0. The standard InChI is InChI=1S/C13H7NO4/c15-6-7-3-10-13(5-11(7)17)18-12-4-8(16)1-2-9(12)14-10/h1-6,17H. The average molecular weight is 241 g/mol. The van der Waals surface area contributed by atoms with Gasteiger partial charge in [0.15, 0.2) is 23.1 Å². The number of rotatable bonds is 1. The van der Waals surface area contributed by atoms with Crippen molar-refractivity contribution >= 4 is 17.4 Å². The zero-order chi connectivity index (χ0) is 12.7. The van der Waals surface area contributed by atoms with E-state index >= 15 is 0 Å². The number of aromatic nitrogens is 1. The Kier molecular flexibility index (Phi) is 2.13. The molecule has 88 valence electrons. The molecule has 0 radical (unpaired) electrons. The van der Waals surface area contributed by atoms with Gasteiger partial charge < -0.3 is 9.52 Å². The number of nitrogens with zero attached hydrogens (tertiary/aromatic N) is 1. The molecule has 0 saturated carbocycles. The molecule has 1 aromatic carbocycles. The van der Waals surface area contributed by atoms with Crippen molar-refractivity contribution < 1.29 is 14.3 Å². The van der Waals surface area contributed by atoms with Crippen LogP contribution in [-0.2, 0) is 0 Å². The smallest absolute Gasteiger partial charge is 0.182 e. The molecule has 18 heavy (non-hydrogen) atoms. The van der Waals surface area contributed by atoms with E-state index in [9.17, 15) is 14.7 Å². The highest BCUT2D eigenvalue weighted by molar-refractivity contribution is 5.88. The van der Waals surface area contributed by atoms with Gasteiger partial charge in [-0.25, -0.2) is 4.98 Å². The molecule has 0 saturated heterocycles. The number of phenolic OH excluding ortho intramolecular Hbond substituents is 1. The Morgan fingerprint density at radius 2 is 2.06 bits per heavy atom. The number of fused-ring (bicyclic) bond motifs is 2. The second kappa shape index (κ2) is 3.66. The van der Waals surface area contributed by atoms with Crippen LogP contribution in [0.5, 0.6) is 5.75 Å². The summed E-state index contributed by atoms with van der Waals surface area (Å²) in [6.07, 6.45) is 0.543. The fourth-order valence-corrected chi connectivity index (χ4v) is 1.75. The van der Waals surface area contributed by atoms with E-state index in [4.69, 9.17) is 4.42 Å². The Balaban J connectivity index is 2.42. The van der Waals surface area contributed by atoms with Crippen LogP contribution in [0.3, 0.4) is 0 Å². The van der Waals surface area contributed by atoms with E-state index in [0.29, 0.717) is 28.8 Å². The van der Waals surface area contributed by atoms with Crippen LogP contribution in [0.2, 0.25) is 0 Å². The number of carbonyl (C=O) groups excluding carboxylic acids is 1. The molecular formula is C13H7NO4. The minimum Gasteiger partial charge on any atom is -0.507 e. The third kappa shape index (κ3) is 1.53. The molecule has 5 heteroatoms. The topological polar surface area (TPSA) is 80.4 Å². The predicted octanol–water partition coefficient (Wildman–Crippen LogP) is 1.81.